The Morgan fingerprint density at radius 2 is 1.72 bits per heavy atom. The Hall–Kier alpha value is -4.05. The Balaban J connectivity index is 1.60. The van der Waals surface area contributed by atoms with Gasteiger partial charge in [0.15, 0.2) is 5.65 Å². The van der Waals surface area contributed by atoms with Crippen LogP contribution in [0.5, 0.6) is 0 Å². The second kappa shape index (κ2) is 9.90. The average Bonchev–Trinajstić information content (AvgIpc) is 3.27. The molecule has 0 amide bonds. The van der Waals surface area contributed by atoms with E-state index in [0.29, 0.717) is 24.2 Å². The zero-order chi connectivity index (χ0) is 25.2. The number of para-hydroxylation sites is 2. The number of rotatable bonds is 6. The number of esters is 1. The van der Waals surface area contributed by atoms with Gasteiger partial charge >= 0.3 is 5.97 Å². The SMILES string of the molecule is CCOC(=O)CCc1c(C)c(C#N)c2nc3ccccc3n2c1N1CCN(c2ccc(C)cc2)CC1. The molecule has 1 aliphatic heterocycles. The molecule has 0 N–H and O–H groups in total. The van der Waals surface area contributed by atoms with Gasteiger partial charge in [-0.2, -0.15) is 5.26 Å². The van der Waals surface area contributed by atoms with E-state index in [9.17, 15) is 10.1 Å². The number of hydrogen-bond donors (Lipinski definition) is 0. The number of anilines is 2. The van der Waals surface area contributed by atoms with Gasteiger partial charge in [-0.1, -0.05) is 29.8 Å². The highest BCUT2D eigenvalue weighted by molar-refractivity contribution is 5.86. The highest BCUT2D eigenvalue weighted by atomic mass is 16.5. The molecule has 2 aromatic heterocycles. The fourth-order valence-electron chi connectivity index (χ4n) is 5.19. The van der Waals surface area contributed by atoms with Crippen LogP contribution in [0.25, 0.3) is 16.7 Å². The monoisotopic (exact) mass is 481 g/mol. The van der Waals surface area contributed by atoms with Crippen molar-refractivity contribution in [2.75, 3.05) is 42.6 Å². The molecule has 7 nitrogen and oxygen atoms in total. The van der Waals surface area contributed by atoms with Crippen molar-refractivity contribution in [3.8, 4) is 6.07 Å². The fourth-order valence-corrected chi connectivity index (χ4v) is 5.19. The molecule has 2 aromatic carbocycles. The number of benzene rings is 2. The zero-order valence-corrected chi connectivity index (χ0v) is 21.1. The number of aromatic nitrogens is 2. The van der Waals surface area contributed by atoms with Crippen molar-refractivity contribution in [1.82, 2.24) is 9.38 Å². The number of hydrogen-bond acceptors (Lipinski definition) is 6. The molecule has 0 unspecified atom stereocenters. The van der Waals surface area contributed by atoms with E-state index in [1.807, 2.05) is 38.1 Å². The summed E-state index contributed by atoms with van der Waals surface area (Å²) in [6, 6.07) is 19.1. The Kier molecular flexibility index (Phi) is 6.51. The maximum absolute atomic E-state index is 12.3. The molecule has 7 heteroatoms. The van der Waals surface area contributed by atoms with Crippen molar-refractivity contribution in [3.05, 3.63) is 70.8 Å². The van der Waals surface area contributed by atoms with Crippen LogP contribution in [-0.4, -0.2) is 48.1 Å². The van der Waals surface area contributed by atoms with E-state index in [4.69, 9.17) is 9.72 Å². The predicted molar refractivity (Wildman–Crippen MR) is 143 cm³/mol. The molecule has 0 spiro atoms. The Labute approximate surface area is 211 Å². The lowest BCUT2D eigenvalue weighted by atomic mass is 9.99. The second-order valence-corrected chi connectivity index (χ2v) is 9.29. The molecule has 0 atom stereocenters. The van der Waals surface area contributed by atoms with Crippen LogP contribution in [0.1, 0.15) is 35.6 Å². The van der Waals surface area contributed by atoms with Gasteiger partial charge in [0, 0.05) is 38.3 Å². The highest BCUT2D eigenvalue weighted by Crippen LogP contribution is 2.35. The van der Waals surface area contributed by atoms with Crippen LogP contribution < -0.4 is 9.80 Å². The van der Waals surface area contributed by atoms with E-state index in [1.54, 1.807) is 0 Å². The maximum Gasteiger partial charge on any atom is 0.306 e. The van der Waals surface area contributed by atoms with Gasteiger partial charge in [-0.3, -0.25) is 9.20 Å². The van der Waals surface area contributed by atoms with E-state index in [0.717, 1.165) is 54.2 Å². The standard InChI is InChI=1S/C29H31N5O2/c1-4-36-27(35)14-13-23-21(3)24(19-30)28-31-25-7-5-6-8-26(25)34(28)29(23)33-17-15-32(16-18-33)22-11-9-20(2)10-12-22/h5-12H,4,13-18H2,1-3H3. The van der Waals surface area contributed by atoms with E-state index >= 15 is 0 Å². The van der Waals surface area contributed by atoms with Crippen molar-refractivity contribution in [2.45, 2.75) is 33.6 Å². The zero-order valence-electron chi connectivity index (χ0n) is 21.1. The first-order valence-corrected chi connectivity index (χ1v) is 12.6. The van der Waals surface area contributed by atoms with Gasteiger partial charge in [-0.15, -0.1) is 0 Å². The highest BCUT2D eigenvalue weighted by Gasteiger charge is 2.27. The summed E-state index contributed by atoms with van der Waals surface area (Å²) < 4.78 is 7.34. The summed E-state index contributed by atoms with van der Waals surface area (Å²) in [6.45, 7) is 9.68. The first-order valence-electron chi connectivity index (χ1n) is 12.6. The number of fused-ring (bicyclic) bond motifs is 3. The number of nitriles is 1. The number of carbonyl (C=O) groups excluding carboxylic acids is 1. The molecule has 184 valence electrons. The largest absolute Gasteiger partial charge is 0.466 e. The molecule has 4 aromatic rings. The van der Waals surface area contributed by atoms with Gasteiger partial charge < -0.3 is 14.5 Å². The Bertz CT molecular complexity index is 1460. The number of aryl methyl sites for hydroxylation is 1. The predicted octanol–water partition coefficient (Wildman–Crippen LogP) is 4.80. The van der Waals surface area contributed by atoms with Crippen LogP contribution in [0, 0.1) is 25.2 Å². The summed E-state index contributed by atoms with van der Waals surface area (Å²) in [4.78, 5) is 21.9. The third-order valence-corrected chi connectivity index (χ3v) is 7.07. The lowest BCUT2D eigenvalue weighted by molar-refractivity contribution is -0.143. The summed E-state index contributed by atoms with van der Waals surface area (Å²) in [5, 5.41) is 10.1. The number of pyridine rings is 1. The lowest BCUT2D eigenvalue weighted by Crippen LogP contribution is -2.47. The summed E-state index contributed by atoms with van der Waals surface area (Å²) in [5.74, 6) is 0.809. The quantitative estimate of drug-likeness (QED) is 0.369. The normalized spacial score (nSPS) is 13.8. The van der Waals surface area contributed by atoms with Crippen molar-refractivity contribution in [3.63, 3.8) is 0 Å². The fraction of sp³-hybridized carbons (Fsp3) is 0.345. The van der Waals surface area contributed by atoms with Gasteiger partial charge in [-0.25, -0.2) is 4.98 Å². The Morgan fingerprint density at radius 3 is 2.42 bits per heavy atom. The summed E-state index contributed by atoms with van der Waals surface area (Å²) >= 11 is 0. The van der Waals surface area contributed by atoms with Gasteiger partial charge in [0.05, 0.1) is 23.2 Å². The van der Waals surface area contributed by atoms with Crippen LogP contribution in [0.3, 0.4) is 0 Å². The number of ether oxygens (including phenoxy) is 1. The number of piperazine rings is 1. The summed E-state index contributed by atoms with van der Waals surface area (Å²) in [7, 11) is 0. The second-order valence-electron chi connectivity index (χ2n) is 9.29. The van der Waals surface area contributed by atoms with Crippen LogP contribution in [0.2, 0.25) is 0 Å². The van der Waals surface area contributed by atoms with E-state index in [2.05, 4.69) is 51.5 Å². The first kappa shape index (κ1) is 23.7. The van der Waals surface area contributed by atoms with Crippen LogP contribution in [-0.2, 0) is 16.0 Å². The summed E-state index contributed by atoms with van der Waals surface area (Å²) in [6.07, 6.45) is 0.781. The van der Waals surface area contributed by atoms with Gasteiger partial charge in [-0.05, 0) is 62.6 Å². The number of nitrogens with zero attached hydrogens (tertiary/aromatic N) is 5. The molecule has 5 rings (SSSR count). The molecule has 1 aliphatic rings. The maximum atomic E-state index is 12.3. The molecule has 0 saturated carbocycles. The molecule has 0 aliphatic carbocycles. The molecule has 1 saturated heterocycles. The summed E-state index contributed by atoms with van der Waals surface area (Å²) in [5.41, 5.74) is 7.45. The molecule has 36 heavy (non-hydrogen) atoms. The van der Waals surface area contributed by atoms with E-state index < -0.39 is 0 Å². The molecule has 1 fully saturated rings. The average molecular weight is 482 g/mol. The first-order chi connectivity index (χ1) is 17.5. The third kappa shape index (κ3) is 4.24. The van der Waals surface area contributed by atoms with Crippen LogP contribution in [0.15, 0.2) is 48.5 Å². The Morgan fingerprint density at radius 1 is 1.03 bits per heavy atom. The van der Waals surface area contributed by atoms with Crippen LogP contribution >= 0.6 is 0 Å². The third-order valence-electron chi connectivity index (χ3n) is 7.07. The number of imidazole rings is 1. The molecular formula is C29H31N5O2. The molecule has 0 bridgehead atoms. The molecular weight excluding hydrogens is 450 g/mol. The minimum atomic E-state index is -0.221. The van der Waals surface area contributed by atoms with Gasteiger partial charge in [0.2, 0.25) is 0 Å². The minimum Gasteiger partial charge on any atom is -0.466 e. The van der Waals surface area contributed by atoms with Crippen molar-refractivity contribution < 1.29 is 9.53 Å². The van der Waals surface area contributed by atoms with Crippen molar-refractivity contribution in [2.24, 2.45) is 0 Å². The number of carbonyl (C=O) groups is 1. The molecule has 3 heterocycles. The van der Waals surface area contributed by atoms with Crippen molar-refractivity contribution >= 4 is 34.2 Å². The van der Waals surface area contributed by atoms with Crippen LogP contribution in [0.4, 0.5) is 11.5 Å². The van der Waals surface area contributed by atoms with E-state index in [1.165, 1.54) is 11.3 Å². The van der Waals surface area contributed by atoms with Gasteiger partial charge in [0.1, 0.15) is 11.9 Å². The van der Waals surface area contributed by atoms with E-state index in [-0.39, 0.29) is 12.4 Å². The molecule has 0 radical (unpaired) electrons. The smallest absolute Gasteiger partial charge is 0.306 e. The minimum absolute atomic E-state index is 0.221. The topological polar surface area (TPSA) is 73.9 Å². The lowest BCUT2D eigenvalue weighted by Gasteiger charge is -2.39. The van der Waals surface area contributed by atoms with Crippen molar-refractivity contribution in [1.29, 1.82) is 5.26 Å². The van der Waals surface area contributed by atoms with Gasteiger partial charge in [0.25, 0.3) is 0 Å².